The molecule has 0 unspecified atom stereocenters. The molecule has 2 heterocycles. The van der Waals surface area contributed by atoms with Gasteiger partial charge in [-0.25, -0.2) is 13.4 Å². The molecule has 2 rings (SSSR count). The molecular weight excluding hydrogens is 359 g/mol. The largest absolute Gasteiger partial charge is 0.503 e. The second-order valence-electron chi connectivity index (χ2n) is 6.18. The molecule has 0 bridgehead atoms. The van der Waals surface area contributed by atoms with Gasteiger partial charge in [0.1, 0.15) is 0 Å². The van der Waals surface area contributed by atoms with E-state index in [1.54, 1.807) is 0 Å². The fourth-order valence-corrected chi connectivity index (χ4v) is 3.58. The number of alkyl halides is 3. The zero-order valence-electron chi connectivity index (χ0n) is 13.9. The summed E-state index contributed by atoms with van der Waals surface area (Å²) in [6.07, 6.45) is 2.20. The Balaban J connectivity index is 2.17. The third kappa shape index (κ3) is 4.30. The summed E-state index contributed by atoms with van der Waals surface area (Å²) in [6, 6.07) is 2.42. The highest BCUT2D eigenvalue weighted by molar-refractivity contribution is 7.92. The van der Waals surface area contributed by atoms with Gasteiger partial charge in [0.15, 0.2) is 5.03 Å². The fourth-order valence-electron chi connectivity index (χ4n) is 2.71. The molecule has 0 aromatic carbocycles. The van der Waals surface area contributed by atoms with Crippen LogP contribution in [0.1, 0.15) is 37.0 Å². The highest BCUT2D eigenvalue weighted by Gasteiger charge is 2.49. The summed E-state index contributed by atoms with van der Waals surface area (Å²) in [6.45, 7) is 5.62. The molecule has 1 aliphatic rings. The maximum absolute atomic E-state index is 12.8. The van der Waals surface area contributed by atoms with E-state index in [2.05, 4.69) is 29.0 Å². The Bertz CT molecular complexity index is 727. The maximum Gasteiger partial charge on any atom is 0.503 e. The number of nitrogens with one attached hydrogen (secondary N) is 1. The lowest BCUT2D eigenvalue weighted by Gasteiger charge is -2.34. The van der Waals surface area contributed by atoms with Crippen LogP contribution < -0.4 is 5.32 Å². The van der Waals surface area contributed by atoms with Crippen molar-refractivity contribution in [3.05, 3.63) is 23.9 Å². The molecule has 0 atom stereocenters. The first-order valence-corrected chi connectivity index (χ1v) is 9.33. The molecule has 0 saturated carbocycles. The van der Waals surface area contributed by atoms with E-state index < -0.39 is 31.8 Å². The third-order valence-electron chi connectivity index (χ3n) is 4.17. The van der Waals surface area contributed by atoms with E-state index in [4.69, 9.17) is 0 Å². The van der Waals surface area contributed by atoms with Gasteiger partial charge in [-0.15, -0.1) is 0 Å². The molecule has 1 N–H and O–H groups in total. The maximum atomic E-state index is 12.8. The number of aromatic nitrogens is 1. The lowest BCUT2D eigenvalue weighted by Crippen LogP contribution is -2.46. The Morgan fingerprint density at radius 1 is 1.32 bits per heavy atom. The Morgan fingerprint density at radius 2 is 1.92 bits per heavy atom. The van der Waals surface area contributed by atoms with Crippen molar-refractivity contribution in [2.75, 3.05) is 13.1 Å². The van der Waals surface area contributed by atoms with Crippen LogP contribution in [-0.2, 0) is 9.84 Å². The first-order chi connectivity index (χ1) is 11.5. The van der Waals surface area contributed by atoms with Gasteiger partial charge in [-0.2, -0.15) is 13.2 Å². The van der Waals surface area contributed by atoms with Crippen molar-refractivity contribution < 1.29 is 26.4 Å². The molecule has 140 valence electrons. The number of amides is 1. The average molecular weight is 379 g/mol. The van der Waals surface area contributed by atoms with Gasteiger partial charge in [0.05, 0.1) is 5.56 Å². The molecule has 0 spiro atoms. The molecule has 1 fully saturated rings. The Morgan fingerprint density at radius 3 is 2.44 bits per heavy atom. The van der Waals surface area contributed by atoms with Gasteiger partial charge in [-0.1, -0.05) is 0 Å². The molecule has 6 nitrogen and oxygen atoms in total. The molecule has 1 aliphatic heterocycles. The van der Waals surface area contributed by atoms with Gasteiger partial charge in [-0.3, -0.25) is 4.79 Å². The standard InChI is InChI=1S/C15H20F3N3O3S/c1-10(2)21-8-5-11(6-9-21)20-13(22)12-4-3-7-19-14(12)25(23,24)15(16,17)18/h3-4,7,10-11H,5-6,8-9H2,1-2H3,(H,20,22). The van der Waals surface area contributed by atoms with Crippen molar-refractivity contribution >= 4 is 15.7 Å². The van der Waals surface area contributed by atoms with Crippen LogP contribution in [0.5, 0.6) is 0 Å². The highest BCUT2D eigenvalue weighted by Crippen LogP contribution is 2.30. The van der Waals surface area contributed by atoms with Gasteiger partial charge < -0.3 is 10.2 Å². The van der Waals surface area contributed by atoms with Crippen LogP contribution in [0.15, 0.2) is 23.4 Å². The van der Waals surface area contributed by atoms with Crippen molar-refractivity contribution in [1.29, 1.82) is 0 Å². The van der Waals surface area contributed by atoms with Gasteiger partial charge >= 0.3 is 5.51 Å². The first-order valence-electron chi connectivity index (χ1n) is 7.85. The first kappa shape index (κ1) is 19.6. The van der Waals surface area contributed by atoms with Crippen LogP contribution in [0.3, 0.4) is 0 Å². The normalized spacial score (nSPS) is 17.7. The van der Waals surface area contributed by atoms with Crippen LogP contribution in [0, 0.1) is 0 Å². The van der Waals surface area contributed by atoms with Crippen LogP contribution in [-0.4, -0.2) is 54.9 Å². The second-order valence-corrected chi connectivity index (χ2v) is 8.04. The van der Waals surface area contributed by atoms with Gasteiger partial charge in [0, 0.05) is 31.4 Å². The molecule has 0 radical (unpaired) electrons. The molecule has 1 amide bonds. The van der Waals surface area contributed by atoms with Crippen LogP contribution in [0.25, 0.3) is 0 Å². The Labute approximate surface area is 144 Å². The summed E-state index contributed by atoms with van der Waals surface area (Å²) >= 11 is 0. The van der Waals surface area contributed by atoms with E-state index in [0.717, 1.165) is 25.4 Å². The number of rotatable bonds is 4. The SMILES string of the molecule is CC(C)N1CCC(NC(=O)c2cccnc2S(=O)(=O)C(F)(F)F)CC1. The lowest BCUT2D eigenvalue weighted by atomic mass is 10.0. The van der Waals surface area contributed by atoms with E-state index in [9.17, 15) is 26.4 Å². The average Bonchev–Trinajstić information content (AvgIpc) is 2.54. The number of carbonyl (C=O) groups is 1. The minimum Gasteiger partial charge on any atom is -0.349 e. The number of piperidine rings is 1. The number of sulfone groups is 1. The summed E-state index contributed by atoms with van der Waals surface area (Å²) in [5.41, 5.74) is -6.11. The van der Waals surface area contributed by atoms with Gasteiger partial charge in [-0.05, 0) is 38.8 Å². The number of nitrogens with zero attached hydrogens (tertiary/aromatic N) is 2. The van der Waals surface area contributed by atoms with Crippen molar-refractivity contribution in [2.45, 2.75) is 49.3 Å². The van der Waals surface area contributed by atoms with Crippen LogP contribution in [0.2, 0.25) is 0 Å². The van der Waals surface area contributed by atoms with Crippen molar-refractivity contribution in [3.8, 4) is 0 Å². The highest BCUT2D eigenvalue weighted by atomic mass is 32.2. The number of carbonyl (C=O) groups excluding carboxylic acids is 1. The number of hydrogen-bond acceptors (Lipinski definition) is 5. The summed E-state index contributed by atoms with van der Waals surface area (Å²) in [5.74, 6) is -0.862. The van der Waals surface area contributed by atoms with E-state index in [1.165, 1.54) is 6.07 Å². The van der Waals surface area contributed by atoms with Gasteiger partial charge in [0.2, 0.25) is 0 Å². The molecule has 1 saturated heterocycles. The number of pyridine rings is 1. The van der Waals surface area contributed by atoms with E-state index in [-0.39, 0.29) is 6.04 Å². The zero-order chi connectivity index (χ0) is 18.8. The molecule has 25 heavy (non-hydrogen) atoms. The monoisotopic (exact) mass is 379 g/mol. The summed E-state index contributed by atoms with van der Waals surface area (Å²) < 4.78 is 61.6. The van der Waals surface area contributed by atoms with Crippen molar-refractivity contribution in [3.63, 3.8) is 0 Å². The quantitative estimate of drug-likeness (QED) is 0.865. The van der Waals surface area contributed by atoms with Crippen molar-refractivity contribution in [1.82, 2.24) is 15.2 Å². The number of likely N-dealkylation sites (tertiary alicyclic amines) is 1. The van der Waals surface area contributed by atoms with Crippen LogP contribution >= 0.6 is 0 Å². The summed E-state index contributed by atoms with van der Waals surface area (Å²) in [5, 5.41) is 1.36. The minimum absolute atomic E-state index is 0.218. The van der Waals surface area contributed by atoms with Gasteiger partial charge in [0.25, 0.3) is 15.7 Å². The molecule has 0 aliphatic carbocycles. The molecular formula is C15H20F3N3O3S. The smallest absolute Gasteiger partial charge is 0.349 e. The predicted octanol–water partition coefficient (Wildman–Crippen LogP) is 1.98. The van der Waals surface area contributed by atoms with E-state index in [1.807, 2.05) is 0 Å². The Hall–Kier alpha value is -1.68. The zero-order valence-corrected chi connectivity index (χ0v) is 14.7. The number of halogens is 3. The molecule has 10 heteroatoms. The summed E-state index contributed by atoms with van der Waals surface area (Å²) in [7, 11) is -5.69. The molecule has 1 aromatic rings. The molecule has 1 aromatic heterocycles. The van der Waals surface area contributed by atoms with Crippen LogP contribution in [0.4, 0.5) is 13.2 Å². The lowest BCUT2D eigenvalue weighted by molar-refractivity contribution is -0.0438. The second kappa shape index (κ2) is 7.28. The topological polar surface area (TPSA) is 79.4 Å². The number of hydrogen-bond donors (Lipinski definition) is 1. The van der Waals surface area contributed by atoms with Crippen molar-refractivity contribution in [2.24, 2.45) is 0 Å². The predicted molar refractivity (Wildman–Crippen MR) is 84.7 cm³/mol. The fraction of sp³-hybridized carbons (Fsp3) is 0.600. The minimum atomic E-state index is -5.69. The van der Waals surface area contributed by atoms with E-state index in [0.29, 0.717) is 18.9 Å². The third-order valence-corrected chi connectivity index (χ3v) is 5.61. The Kier molecular flexibility index (Phi) is 5.72. The summed E-state index contributed by atoms with van der Waals surface area (Å²) in [4.78, 5) is 17.8. The van der Waals surface area contributed by atoms with E-state index >= 15 is 0 Å².